The normalized spacial score (nSPS) is 14.4. The molecule has 12 heteroatoms. The number of aliphatic hydroxyl groups is 1. The predicted octanol–water partition coefficient (Wildman–Crippen LogP) is 10.8. The van der Waals surface area contributed by atoms with E-state index in [0.29, 0.717) is 12.8 Å². The van der Waals surface area contributed by atoms with E-state index in [4.69, 9.17) is 13.8 Å². The number of hydrogen-bond acceptors (Lipinski definition) is 8. The fourth-order valence-corrected chi connectivity index (χ4v) is 6.17. The predicted molar refractivity (Wildman–Crippen MR) is 226 cm³/mol. The van der Waals surface area contributed by atoms with Crippen molar-refractivity contribution in [3.63, 3.8) is 0 Å². The lowest BCUT2D eigenvalue weighted by Crippen LogP contribution is -2.43. The number of phosphoric acid groups is 1. The number of aliphatic hydroxyl groups excluding tert-OH is 1. The number of phosphoric ester groups is 1. The Kier molecular flexibility index (Phi) is 37.1. The van der Waals surface area contributed by atoms with Crippen LogP contribution in [0.15, 0.2) is 60.8 Å². The van der Waals surface area contributed by atoms with Crippen molar-refractivity contribution < 1.29 is 47.8 Å². The van der Waals surface area contributed by atoms with Crippen LogP contribution < -0.4 is 5.32 Å². The van der Waals surface area contributed by atoms with E-state index in [9.17, 15) is 34.1 Å². The smallest absolute Gasteiger partial charge is 0.472 e. The molecule has 3 unspecified atom stereocenters. The molecule has 0 aliphatic carbocycles. The minimum Gasteiger partial charge on any atom is -0.480 e. The molecule has 0 saturated heterocycles. The summed E-state index contributed by atoms with van der Waals surface area (Å²) >= 11 is 0. The van der Waals surface area contributed by atoms with Crippen molar-refractivity contribution in [2.75, 3.05) is 19.8 Å². The number of aliphatic carboxylic acids is 1. The molecule has 3 atom stereocenters. The minimum atomic E-state index is -4.76. The number of carbonyl (C=O) groups is 3. The van der Waals surface area contributed by atoms with Gasteiger partial charge in [0.15, 0.2) is 6.04 Å². The van der Waals surface area contributed by atoms with Crippen LogP contribution in [0.1, 0.15) is 168 Å². The third-order valence-corrected chi connectivity index (χ3v) is 9.73. The summed E-state index contributed by atoms with van der Waals surface area (Å²) in [6, 6.07) is -1.55. The van der Waals surface area contributed by atoms with Crippen molar-refractivity contribution in [3.05, 3.63) is 60.8 Å². The van der Waals surface area contributed by atoms with Crippen LogP contribution in [0.25, 0.3) is 0 Å². The summed E-state index contributed by atoms with van der Waals surface area (Å²) in [4.78, 5) is 45.8. The molecular weight excluding hydrogens is 733 g/mol. The summed E-state index contributed by atoms with van der Waals surface area (Å²) in [5.74, 6) is -2.41. The molecule has 0 rings (SSSR count). The molecule has 0 aliphatic rings. The maximum atomic E-state index is 12.2. The lowest BCUT2D eigenvalue weighted by molar-refractivity contribution is -0.147. The minimum absolute atomic E-state index is 0.131. The van der Waals surface area contributed by atoms with Crippen molar-refractivity contribution in [3.8, 4) is 0 Å². The molecule has 56 heavy (non-hydrogen) atoms. The molecule has 0 aromatic rings. The standard InChI is InChI=1S/C44H76NO10P/c1-3-5-7-9-11-13-15-16-17-18-19-20-21-22-23-24-26-28-30-32-34-36-43(48)53-37-40(46)38-54-56(51,52)55-39-41(44(49)50)45-42(47)35-33-31-29-27-25-14-12-10-8-6-4-2/h10-13,16-17,19-20,22-23,40-41,46H,3-9,14-15,18,21,24-39H2,1-2H3,(H,45,47)(H,49,50)(H,51,52)/b12-10-,13-11-,17-16-,20-19-,23-22-. The van der Waals surface area contributed by atoms with Crippen LogP contribution >= 0.6 is 7.82 Å². The fourth-order valence-electron chi connectivity index (χ4n) is 5.40. The molecule has 4 N–H and O–H groups in total. The summed E-state index contributed by atoms with van der Waals surface area (Å²) in [5, 5.41) is 21.8. The number of rotatable bonds is 39. The number of unbranched alkanes of at least 4 members (excludes halogenated alkanes) is 15. The Bertz CT molecular complexity index is 1180. The van der Waals surface area contributed by atoms with Crippen LogP contribution in [0, 0.1) is 0 Å². The lowest BCUT2D eigenvalue weighted by atomic mass is 10.1. The van der Waals surface area contributed by atoms with E-state index in [0.717, 1.165) is 89.9 Å². The number of carboxylic acid groups (broad SMARTS) is 1. The first kappa shape index (κ1) is 53.2. The third kappa shape index (κ3) is 38.1. The van der Waals surface area contributed by atoms with Gasteiger partial charge in [0.25, 0.3) is 0 Å². The highest BCUT2D eigenvalue weighted by molar-refractivity contribution is 7.47. The number of allylic oxidation sites excluding steroid dienone is 10. The van der Waals surface area contributed by atoms with E-state index in [-0.39, 0.29) is 12.8 Å². The number of nitrogens with one attached hydrogen (secondary N) is 1. The van der Waals surface area contributed by atoms with E-state index >= 15 is 0 Å². The number of ether oxygens (including phenoxy) is 1. The van der Waals surface area contributed by atoms with Crippen LogP contribution in [0.5, 0.6) is 0 Å². The molecule has 11 nitrogen and oxygen atoms in total. The highest BCUT2D eigenvalue weighted by Crippen LogP contribution is 2.43. The highest BCUT2D eigenvalue weighted by atomic mass is 31.2. The molecule has 322 valence electrons. The zero-order chi connectivity index (χ0) is 41.4. The summed E-state index contributed by atoms with van der Waals surface area (Å²) in [5.41, 5.74) is 0. The molecule has 0 aromatic heterocycles. The Hall–Kier alpha value is -2.82. The van der Waals surface area contributed by atoms with E-state index in [1.165, 1.54) is 38.5 Å². The van der Waals surface area contributed by atoms with Gasteiger partial charge < -0.3 is 25.2 Å². The first-order valence-electron chi connectivity index (χ1n) is 21.3. The van der Waals surface area contributed by atoms with Crippen LogP contribution in [0.4, 0.5) is 0 Å². The SMILES string of the molecule is CCCC/C=C\CCCCCCCC(=O)NC(COP(=O)(O)OCC(O)COC(=O)CCCCCCC/C=C\C/C=C\C/C=C\C/C=C\CCCCC)C(=O)O. The van der Waals surface area contributed by atoms with Crippen molar-refractivity contribution in [2.45, 2.75) is 180 Å². The van der Waals surface area contributed by atoms with Gasteiger partial charge in [-0.15, -0.1) is 0 Å². The average molecular weight is 810 g/mol. The molecule has 0 saturated carbocycles. The quantitative estimate of drug-likeness (QED) is 0.0203. The summed E-state index contributed by atoms with van der Waals surface area (Å²) in [6.07, 6.45) is 43.9. The number of hydrogen-bond donors (Lipinski definition) is 4. The van der Waals surface area contributed by atoms with Gasteiger partial charge in [0.1, 0.15) is 12.7 Å². The number of carboxylic acids is 1. The molecule has 0 heterocycles. The molecule has 0 spiro atoms. The van der Waals surface area contributed by atoms with Crippen LogP contribution in [-0.4, -0.2) is 64.9 Å². The largest absolute Gasteiger partial charge is 0.480 e. The average Bonchev–Trinajstić information content (AvgIpc) is 3.17. The second kappa shape index (κ2) is 39.0. The van der Waals surface area contributed by atoms with Gasteiger partial charge in [-0.3, -0.25) is 18.6 Å². The Labute approximate surface area is 338 Å². The Balaban J connectivity index is 3.93. The topological polar surface area (TPSA) is 169 Å². The zero-order valence-corrected chi connectivity index (χ0v) is 35.6. The van der Waals surface area contributed by atoms with Gasteiger partial charge in [-0.25, -0.2) is 9.36 Å². The first-order chi connectivity index (χ1) is 27.1. The van der Waals surface area contributed by atoms with Crippen molar-refractivity contribution in [2.24, 2.45) is 0 Å². The van der Waals surface area contributed by atoms with Gasteiger partial charge in [-0.05, 0) is 77.0 Å². The van der Waals surface area contributed by atoms with E-state index in [1.54, 1.807) is 0 Å². The van der Waals surface area contributed by atoms with E-state index in [1.807, 2.05) is 0 Å². The molecule has 0 aromatic carbocycles. The lowest BCUT2D eigenvalue weighted by Gasteiger charge is -2.18. The van der Waals surface area contributed by atoms with Gasteiger partial charge >= 0.3 is 19.8 Å². The van der Waals surface area contributed by atoms with Crippen molar-refractivity contribution in [1.82, 2.24) is 5.32 Å². The number of carbonyl (C=O) groups excluding carboxylic acids is 2. The van der Waals surface area contributed by atoms with Crippen molar-refractivity contribution >= 4 is 25.7 Å². The summed E-state index contributed by atoms with van der Waals surface area (Å²) in [6.45, 7) is 2.47. The van der Waals surface area contributed by atoms with Gasteiger partial charge in [0.05, 0.1) is 13.2 Å². The van der Waals surface area contributed by atoms with Crippen LogP contribution in [-0.2, 0) is 32.7 Å². The second-order valence-corrected chi connectivity index (χ2v) is 15.6. The molecule has 0 fully saturated rings. The monoisotopic (exact) mass is 810 g/mol. The highest BCUT2D eigenvalue weighted by Gasteiger charge is 2.28. The first-order valence-corrected chi connectivity index (χ1v) is 22.8. The third-order valence-electron chi connectivity index (χ3n) is 8.78. The molecule has 0 bridgehead atoms. The van der Waals surface area contributed by atoms with Gasteiger partial charge in [-0.2, -0.15) is 0 Å². The molecule has 0 aliphatic heterocycles. The fraction of sp³-hybridized carbons (Fsp3) is 0.705. The second-order valence-electron chi connectivity index (χ2n) is 14.2. The molecular formula is C44H76NO10P. The molecule has 1 amide bonds. The Morgan fingerprint density at radius 2 is 1.00 bits per heavy atom. The maximum absolute atomic E-state index is 12.2. The maximum Gasteiger partial charge on any atom is 0.472 e. The summed E-state index contributed by atoms with van der Waals surface area (Å²) in [7, 11) is -4.76. The number of esters is 1. The van der Waals surface area contributed by atoms with Crippen molar-refractivity contribution in [1.29, 1.82) is 0 Å². The molecule has 0 radical (unpaired) electrons. The van der Waals surface area contributed by atoms with Gasteiger partial charge in [-0.1, -0.05) is 139 Å². The summed E-state index contributed by atoms with van der Waals surface area (Å²) < 4.78 is 26.8. The Morgan fingerprint density at radius 3 is 1.54 bits per heavy atom. The van der Waals surface area contributed by atoms with Gasteiger partial charge in [0, 0.05) is 12.8 Å². The van der Waals surface area contributed by atoms with E-state index in [2.05, 4.69) is 79.9 Å². The zero-order valence-electron chi connectivity index (χ0n) is 34.7. The number of amides is 1. The van der Waals surface area contributed by atoms with E-state index < -0.39 is 57.6 Å². The van der Waals surface area contributed by atoms with Crippen LogP contribution in [0.3, 0.4) is 0 Å². The Morgan fingerprint density at radius 1 is 0.571 bits per heavy atom. The van der Waals surface area contributed by atoms with Crippen LogP contribution in [0.2, 0.25) is 0 Å². The van der Waals surface area contributed by atoms with Gasteiger partial charge in [0.2, 0.25) is 5.91 Å².